The van der Waals surface area contributed by atoms with Crippen molar-refractivity contribution in [1.82, 2.24) is 4.98 Å². The van der Waals surface area contributed by atoms with Crippen LogP contribution >= 0.6 is 0 Å². The van der Waals surface area contributed by atoms with Gasteiger partial charge in [0.05, 0.1) is 17.8 Å². The highest BCUT2D eigenvalue weighted by Gasteiger charge is 2.02. The van der Waals surface area contributed by atoms with E-state index in [-0.39, 0.29) is 0 Å². The highest BCUT2D eigenvalue weighted by Crippen LogP contribution is 2.25. The van der Waals surface area contributed by atoms with Crippen LogP contribution in [0.15, 0.2) is 24.4 Å². The average Bonchev–Trinajstić information content (AvgIpc) is 2.66. The lowest BCUT2D eigenvalue weighted by Gasteiger charge is -2.06. The van der Waals surface area contributed by atoms with Crippen LogP contribution in [0.3, 0.4) is 0 Å². The van der Waals surface area contributed by atoms with E-state index < -0.39 is 0 Å². The van der Waals surface area contributed by atoms with Gasteiger partial charge in [0.25, 0.3) is 0 Å². The molecule has 0 saturated carbocycles. The molecule has 0 aliphatic heterocycles. The van der Waals surface area contributed by atoms with Gasteiger partial charge in [0.15, 0.2) is 0 Å². The molecule has 2 aromatic rings. The van der Waals surface area contributed by atoms with E-state index in [1.54, 1.807) is 7.11 Å². The van der Waals surface area contributed by atoms with E-state index in [9.17, 15) is 0 Å². The molecule has 3 N–H and O–H groups in total. The first kappa shape index (κ1) is 9.86. The number of H-pyrrole nitrogens is 1. The lowest BCUT2D eigenvalue weighted by molar-refractivity contribution is 0.146. The van der Waals surface area contributed by atoms with Crippen LogP contribution in [0.5, 0.6) is 5.75 Å². The number of fused-ring (bicyclic) bond motifs is 1. The molecule has 1 aromatic heterocycles. The molecule has 1 aromatic carbocycles. The van der Waals surface area contributed by atoms with Gasteiger partial charge in [0.1, 0.15) is 12.4 Å². The molecule has 4 nitrogen and oxygen atoms in total. The van der Waals surface area contributed by atoms with Crippen molar-refractivity contribution in [2.75, 3.05) is 26.1 Å². The summed E-state index contributed by atoms with van der Waals surface area (Å²) >= 11 is 0. The Morgan fingerprint density at radius 1 is 1.33 bits per heavy atom. The molecule has 0 aliphatic rings. The third kappa shape index (κ3) is 2.05. The maximum absolute atomic E-state index is 5.86. The molecule has 1 heterocycles. The number of hydrogen-bond acceptors (Lipinski definition) is 3. The summed E-state index contributed by atoms with van der Waals surface area (Å²) in [6.45, 7) is 1.11. The molecule has 0 bridgehead atoms. The SMILES string of the molecule is COCCOc1cc(N)c2[nH]ccc2c1. The lowest BCUT2D eigenvalue weighted by atomic mass is 10.2. The maximum Gasteiger partial charge on any atom is 0.122 e. The van der Waals surface area contributed by atoms with Crippen molar-refractivity contribution in [3.05, 3.63) is 24.4 Å². The van der Waals surface area contributed by atoms with Crippen molar-refractivity contribution >= 4 is 16.6 Å². The standard InChI is InChI=1S/C11H14N2O2/c1-14-4-5-15-9-6-8-2-3-13-11(8)10(12)7-9/h2-3,6-7,13H,4-5,12H2,1H3. The summed E-state index contributed by atoms with van der Waals surface area (Å²) < 4.78 is 10.4. The fraction of sp³-hybridized carbons (Fsp3) is 0.273. The number of methoxy groups -OCH3 is 1. The molecule has 0 unspecified atom stereocenters. The van der Waals surface area contributed by atoms with Crippen molar-refractivity contribution in [3.8, 4) is 5.75 Å². The van der Waals surface area contributed by atoms with Gasteiger partial charge >= 0.3 is 0 Å². The van der Waals surface area contributed by atoms with Gasteiger partial charge in [-0.3, -0.25) is 0 Å². The van der Waals surface area contributed by atoms with E-state index in [0.717, 1.165) is 16.7 Å². The molecule has 4 heteroatoms. The van der Waals surface area contributed by atoms with Crippen LogP contribution in [0.4, 0.5) is 5.69 Å². The first-order valence-corrected chi connectivity index (χ1v) is 4.79. The van der Waals surface area contributed by atoms with E-state index in [4.69, 9.17) is 15.2 Å². The number of aromatic nitrogens is 1. The van der Waals surface area contributed by atoms with Crippen LogP contribution in [0, 0.1) is 0 Å². The van der Waals surface area contributed by atoms with Crippen LogP contribution in [0.1, 0.15) is 0 Å². The number of rotatable bonds is 4. The zero-order chi connectivity index (χ0) is 10.7. The Hall–Kier alpha value is -1.68. The number of aromatic amines is 1. The number of benzene rings is 1. The quantitative estimate of drug-likeness (QED) is 0.592. The van der Waals surface area contributed by atoms with Gasteiger partial charge in [0, 0.05) is 24.8 Å². The third-order valence-electron chi connectivity index (χ3n) is 2.22. The smallest absolute Gasteiger partial charge is 0.122 e. The summed E-state index contributed by atoms with van der Waals surface area (Å²) in [5.41, 5.74) is 7.52. The van der Waals surface area contributed by atoms with Crippen molar-refractivity contribution in [2.24, 2.45) is 0 Å². The first-order valence-electron chi connectivity index (χ1n) is 4.79. The largest absolute Gasteiger partial charge is 0.491 e. The van der Waals surface area contributed by atoms with Crippen LogP contribution in [-0.4, -0.2) is 25.3 Å². The van der Waals surface area contributed by atoms with E-state index in [1.807, 2.05) is 24.4 Å². The molecule has 2 rings (SSSR count). The summed E-state index contributed by atoms with van der Waals surface area (Å²) in [5, 5.41) is 1.06. The van der Waals surface area contributed by atoms with Crippen molar-refractivity contribution in [1.29, 1.82) is 0 Å². The fourth-order valence-corrected chi connectivity index (χ4v) is 1.50. The molecule has 0 aliphatic carbocycles. The minimum Gasteiger partial charge on any atom is -0.491 e. The Labute approximate surface area is 88.0 Å². The number of nitrogen functional groups attached to an aromatic ring is 1. The molecule has 0 amide bonds. The average molecular weight is 206 g/mol. The molecular formula is C11H14N2O2. The van der Waals surface area contributed by atoms with Gasteiger partial charge in [-0.1, -0.05) is 0 Å². The van der Waals surface area contributed by atoms with Gasteiger partial charge in [-0.15, -0.1) is 0 Å². The van der Waals surface area contributed by atoms with Gasteiger partial charge < -0.3 is 20.2 Å². The predicted octanol–water partition coefficient (Wildman–Crippen LogP) is 1.78. The Kier molecular flexibility index (Phi) is 2.78. The summed E-state index contributed by atoms with van der Waals surface area (Å²) in [4.78, 5) is 3.08. The Balaban J connectivity index is 2.21. The van der Waals surface area contributed by atoms with Crippen LogP contribution < -0.4 is 10.5 Å². The Morgan fingerprint density at radius 3 is 3.00 bits per heavy atom. The molecule has 15 heavy (non-hydrogen) atoms. The monoisotopic (exact) mass is 206 g/mol. The summed E-state index contributed by atoms with van der Waals surface area (Å²) in [5.74, 6) is 0.775. The predicted molar refractivity (Wildman–Crippen MR) is 60.1 cm³/mol. The summed E-state index contributed by atoms with van der Waals surface area (Å²) in [7, 11) is 1.65. The molecule has 0 spiro atoms. The number of ether oxygens (including phenoxy) is 2. The van der Waals surface area contributed by atoms with Gasteiger partial charge in [-0.2, -0.15) is 0 Å². The minimum atomic E-state index is 0.534. The van der Waals surface area contributed by atoms with Crippen LogP contribution in [0.2, 0.25) is 0 Å². The van der Waals surface area contributed by atoms with E-state index in [0.29, 0.717) is 18.9 Å². The molecular weight excluding hydrogens is 192 g/mol. The van der Waals surface area contributed by atoms with E-state index >= 15 is 0 Å². The number of nitrogens with two attached hydrogens (primary N) is 1. The molecule has 0 radical (unpaired) electrons. The Morgan fingerprint density at radius 2 is 2.20 bits per heavy atom. The lowest BCUT2D eigenvalue weighted by Crippen LogP contribution is -2.04. The van der Waals surface area contributed by atoms with Crippen LogP contribution in [0.25, 0.3) is 10.9 Å². The van der Waals surface area contributed by atoms with Gasteiger partial charge in [-0.25, -0.2) is 0 Å². The van der Waals surface area contributed by atoms with Crippen molar-refractivity contribution in [3.63, 3.8) is 0 Å². The third-order valence-corrected chi connectivity index (χ3v) is 2.22. The maximum atomic E-state index is 5.86. The highest BCUT2D eigenvalue weighted by molar-refractivity contribution is 5.91. The zero-order valence-electron chi connectivity index (χ0n) is 8.62. The number of nitrogens with one attached hydrogen (secondary N) is 1. The summed E-state index contributed by atoms with van der Waals surface area (Å²) in [6, 6.07) is 5.74. The second-order valence-electron chi connectivity index (χ2n) is 3.30. The van der Waals surface area contributed by atoms with Crippen molar-refractivity contribution in [2.45, 2.75) is 0 Å². The normalized spacial score (nSPS) is 10.7. The van der Waals surface area contributed by atoms with Crippen LogP contribution in [-0.2, 0) is 4.74 Å². The van der Waals surface area contributed by atoms with E-state index in [2.05, 4.69) is 4.98 Å². The fourth-order valence-electron chi connectivity index (χ4n) is 1.50. The Bertz CT molecular complexity index is 451. The van der Waals surface area contributed by atoms with Gasteiger partial charge in [0.2, 0.25) is 0 Å². The second kappa shape index (κ2) is 4.23. The minimum absolute atomic E-state index is 0.534. The molecule has 80 valence electrons. The zero-order valence-corrected chi connectivity index (χ0v) is 8.62. The van der Waals surface area contributed by atoms with Crippen molar-refractivity contribution < 1.29 is 9.47 Å². The van der Waals surface area contributed by atoms with E-state index in [1.165, 1.54) is 0 Å². The molecule has 0 saturated heterocycles. The molecule has 0 atom stereocenters. The highest BCUT2D eigenvalue weighted by atomic mass is 16.5. The van der Waals surface area contributed by atoms with Gasteiger partial charge in [-0.05, 0) is 12.1 Å². The topological polar surface area (TPSA) is 60.3 Å². The number of hydrogen-bond donors (Lipinski definition) is 2. The summed E-state index contributed by atoms with van der Waals surface area (Å²) in [6.07, 6.45) is 1.86. The second-order valence-corrected chi connectivity index (χ2v) is 3.30. The molecule has 0 fully saturated rings. The first-order chi connectivity index (χ1) is 7.31. The number of anilines is 1.